The zero-order valence-electron chi connectivity index (χ0n) is 10.7. The smallest absolute Gasteiger partial charge is 0.0112 e. The molecule has 0 aliphatic heterocycles. The van der Waals surface area contributed by atoms with E-state index in [9.17, 15) is 0 Å². The van der Waals surface area contributed by atoms with E-state index < -0.39 is 0 Å². The SMILES string of the molecule is CNCCCCN(C)C(C)Cc1cccs1. The molecule has 1 atom stereocenters. The highest BCUT2D eigenvalue weighted by atomic mass is 32.1. The number of hydrogen-bond acceptors (Lipinski definition) is 3. The molecule has 16 heavy (non-hydrogen) atoms. The Hall–Kier alpha value is -0.380. The van der Waals surface area contributed by atoms with Gasteiger partial charge in [-0.05, 0) is 64.8 Å². The van der Waals surface area contributed by atoms with Gasteiger partial charge < -0.3 is 10.2 Å². The van der Waals surface area contributed by atoms with Crippen LogP contribution in [0.1, 0.15) is 24.6 Å². The lowest BCUT2D eigenvalue weighted by Gasteiger charge is -2.24. The summed E-state index contributed by atoms with van der Waals surface area (Å²) in [6.07, 6.45) is 3.73. The summed E-state index contributed by atoms with van der Waals surface area (Å²) in [6.45, 7) is 4.65. The topological polar surface area (TPSA) is 15.3 Å². The van der Waals surface area contributed by atoms with Crippen LogP contribution in [-0.2, 0) is 6.42 Å². The zero-order valence-corrected chi connectivity index (χ0v) is 11.5. The lowest BCUT2D eigenvalue weighted by Crippen LogP contribution is -2.31. The van der Waals surface area contributed by atoms with Gasteiger partial charge in [0, 0.05) is 10.9 Å². The fourth-order valence-electron chi connectivity index (χ4n) is 1.76. The first-order chi connectivity index (χ1) is 7.74. The largest absolute Gasteiger partial charge is 0.320 e. The molecule has 92 valence electrons. The molecule has 0 amide bonds. The van der Waals surface area contributed by atoms with Crippen molar-refractivity contribution in [1.29, 1.82) is 0 Å². The van der Waals surface area contributed by atoms with Crippen LogP contribution < -0.4 is 5.32 Å². The number of unbranched alkanes of at least 4 members (excludes halogenated alkanes) is 1. The molecule has 1 heterocycles. The van der Waals surface area contributed by atoms with Crippen LogP contribution in [0.15, 0.2) is 17.5 Å². The standard InChI is InChI=1S/C13H24N2S/c1-12(11-13-7-6-10-16-13)15(3)9-5-4-8-14-2/h6-7,10,12,14H,4-5,8-9,11H2,1-3H3. The van der Waals surface area contributed by atoms with E-state index in [-0.39, 0.29) is 0 Å². The Balaban J connectivity index is 2.17. The number of likely N-dealkylation sites (N-methyl/N-ethyl adjacent to an activating group) is 1. The summed E-state index contributed by atoms with van der Waals surface area (Å²) in [5.41, 5.74) is 0. The summed E-state index contributed by atoms with van der Waals surface area (Å²) in [4.78, 5) is 3.96. The molecular formula is C13H24N2S. The first-order valence-corrected chi connectivity index (χ1v) is 6.99. The fourth-order valence-corrected chi connectivity index (χ4v) is 2.59. The molecule has 3 heteroatoms. The van der Waals surface area contributed by atoms with Crippen molar-refractivity contribution in [3.63, 3.8) is 0 Å². The summed E-state index contributed by atoms with van der Waals surface area (Å²) in [6, 6.07) is 5.02. The maximum atomic E-state index is 3.19. The van der Waals surface area contributed by atoms with E-state index in [1.54, 1.807) is 0 Å². The van der Waals surface area contributed by atoms with Gasteiger partial charge in [0.05, 0.1) is 0 Å². The van der Waals surface area contributed by atoms with Crippen LogP contribution in [0.25, 0.3) is 0 Å². The number of thiophene rings is 1. The van der Waals surface area contributed by atoms with Crippen LogP contribution in [0.3, 0.4) is 0 Å². The number of hydrogen-bond donors (Lipinski definition) is 1. The molecule has 0 aliphatic rings. The quantitative estimate of drug-likeness (QED) is 0.703. The summed E-state index contributed by atoms with van der Waals surface area (Å²) in [5, 5.41) is 5.35. The van der Waals surface area contributed by atoms with Crippen molar-refractivity contribution in [3.8, 4) is 0 Å². The summed E-state index contributed by atoms with van der Waals surface area (Å²) in [7, 11) is 4.25. The Labute approximate surface area is 104 Å². The Morgan fingerprint density at radius 1 is 1.44 bits per heavy atom. The Morgan fingerprint density at radius 2 is 2.25 bits per heavy atom. The maximum Gasteiger partial charge on any atom is 0.0112 e. The van der Waals surface area contributed by atoms with Gasteiger partial charge in [-0.2, -0.15) is 0 Å². The number of rotatable bonds is 8. The fraction of sp³-hybridized carbons (Fsp3) is 0.692. The Bertz CT molecular complexity index is 259. The number of nitrogens with one attached hydrogen (secondary N) is 1. The van der Waals surface area contributed by atoms with Gasteiger partial charge in [0.15, 0.2) is 0 Å². The van der Waals surface area contributed by atoms with E-state index in [0.717, 1.165) is 6.54 Å². The highest BCUT2D eigenvalue weighted by Gasteiger charge is 2.09. The Morgan fingerprint density at radius 3 is 2.88 bits per heavy atom. The van der Waals surface area contributed by atoms with Gasteiger partial charge in [-0.3, -0.25) is 0 Å². The number of nitrogens with zero attached hydrogens (tertiary/aromatic N) is 1. The average Bonchev–Trinajstić information content (AvgIpc) is 2.76. The summed E-state index contributed by atoms with van der Waals surface area (Å²) >= 11 is 1.86. The molecule has 0 saturated heterocycles. The van der Waals surface area contributed by atoms with Gasteiger partial charge in [-0.15, -0.1) is 11.3 Å². The highest BCUT2D eigenvalue weighted by molar-refractivity contribution is 7.09. The van der Waals surface area contributed by atoms with E-state index in [2.05, 4.69) is 41.7 Å². The minimum atomic E-state index is 0.647. The first-order valence-electron chi connectivity index (χ1n) is 6.11. The molecule has 1 unspecified atom stereocenters. The van der Waals surface area contributed by atoms with Gasteiger partial charge in [-0.1, -0.05) is 6.07 Å². The molecule has 0 bridgehead atoms. The van der Waals surface area contributed by atoms with Gasteiger partial charge in [0.2, 0.25) is 0 Å². The third-order valence-corrected chi connectivity index (χ3v) is 3.92. The Kier molecular flexibility index (Phi) is 6.69. The summed E-state index contributed by atoms with van der Waals surface area (Å²) in [5.74, 6) is 0. The van der Waals surface area contributed by atoms with E-state index in [0.29, 0.717) is 6.04 Å². The zero-order chi connectivity index (χ0) is 11.8. The second-order valence-electron chi connectivity index (χ2n) is 4.42. The molecule has 1 aromatic rings. The minimum absolute atomic E-state index is 0.647. The summed E-state index contributed by atoms with van der Waals surface area (Å²) < 4.78 is 0. The van der Waals surface area contributed by atoms with Gasteiger partial charge >= 0.3 is 0 Å². The van der Waals surface area contributed by atoms with Crippen molar-refractivity contribution in [2.75, 3.05) is 27.2 Å². The predicted octanol–water partition coefficient (Wildman–Crippen LogP) is 2.61. The molecule has 0 fully saturated rings. The molecule has 0 saturated carbocycles. The molecule has 0 aliphatic carbocycles. The first kappa shape index (κ1) is 13.7. The lowest BCUT2D eigenvalue weighted by atomic mass is 10.1. The maximum absolute atomic E-state index is 3.19. The van der Waals surface area contributed by atoms with Crippen molar-refractivity contribution in [3.05, 3.63) is 22.4 Å². The second-order valence-corrected chi connectivity index (χ2v) is 5.46. The van der Waals surface area contributed by atoms with E-state index in [1.165, 1.54) is 30.7 Å². The van der Waals surface area contributed by atoms with Crippen LogP contribution in [0.2, 0.25) is 0 Å². The lowest BCUT2D eigenvalue weighted by molar-refractivity contribution is 0.252. The van der Waals surface area contributed by atoms with Crippen LogP contribution in [0.5, 0.6) is 0 Å². The minimum Gasteiger partial charge on any atom is -0.320 e. The molecule has 1 rings (SSSR count). The van der Waals surface area contributed by atoms with E-state index in [4.69, 9.17) is 0 Å². The van der Waals surface area contributed by atoms with Gasteiger partial charge in [0.25, 0.3) is 0 Å². The van der Waals surface area contributed by atoms with Crippen molar-refractivity contribution in [2.24, 2.45) is 0 Å². The third-order valence-electron chi connectivity index (χ3n) is 3.02. The molecule has 1 aromatic heterocycles. The monoisotopic (exact) mass is 240 g/mol. The average molecular weight is 240 g/mol. The molecule has 0 radical (unpaired) electrons. The predicted molar refractivity (Wildman–Crippen MR) is 73.3 cm³/mol. The molecule has 1 N–H and O–H groups in total. The van der Waals surface area contributed by atoms with Crippen LogP contribution in [0, 0.1) is 0 Å². The molecule has 0 spiro atoms. The van der Waals surface area contributed by atoms with Crippen molar-refractivity contribution in [2.45, 2.75) is 32.2 Å². The van der Waals surface area contributed by atoms with E-state index in [1.807, 2.05) is 18.4 Å². The van der Waals surface area contributed by atoms with Crippen LogP contribution in [0.4, 0.5) is 0 Å². The second kappa shape index (κ2) is 7.82. The molecule has 0 aromatic carbocycles. The van der Waals surface area contributed by atoms with Crippen LogP contribution >= 0.6 is 11.3 Å². The van der Waals surface area contributed by atoms with Gasteiger partial charge in [0.1, 0.15) is 0 Å². The third kappa shape index (κ3) is 5.10. The van der Waals surface area contributed by atoms with Crippen molar-refractivity contribution in [1.82, 2.24) is 10.2 Å². The van der Waals surface area contributed by atoms with Gasteiger partial charge in [-0.25, -0.2) is 0 Å². The highest BCUT2D eigenvalue weighted by Crippen LogP contribution is 2.13. The van der Waals surface area contributed by atoms with Crippen molar-refractivity contribution < 1.29 is 0 Å². The molecular weight excluding hydrogens is 216 g/mol. The van der Waals surface area contributed by atoms with E-state index >= 15 is 0 Å². The normalized spacial score (nSPS) is 13.2. The van der Waals surface area contributed by atoms with Crippen molar-refractivity contribution >= 4 is 11.3 Å². The molecule has 2 nitrogen and oxygen atoms in total. The van der Waals surface area contributed by atoms with Crippen LogP contribution in [-0.4, -0.2) is 38.1 Å².